The largest absolute Gasteiger partial charge is 0.376 e. The van der Waals surface area contributed by atoms with Crippen molar-refractivity contribution in [2.45, 2.75) is 32.0 Å². The topological polar surface area (TPSA) is 80.6 Å². The van der Waals surface area contributed by atoms with Crippen LogP contribution in [0.15, 0.2) is 53.6 Å². The van der Waals surface area contributed by atoms with Crippen LogP contribution in [0.5, 0.6) is 0 Å². The highest BCUT2D eigenvalue weighted by Gasteiger charge is 2.35. The minimum absolute atomic E-state index is 0.0745. The van der Waals surface area contributed by atoms with Gasteiger partial charge in [0.25, 0.3) is 11.1 Å². The van der Waals surface area contributed by atoms with Crippen molar-refractivity contribution in [3.05, 3.63) is 74.7 Å². The molecule has 2 aliphatic heterocycles. The van der Waals surface area contributed by atoms with E-state index in [1.165, 1.54) is 4.90 Å². The van der Waals surface area contributed by atoms with Gasteiger partial charge in [-0.1, -0.05) is 47.5 Å². The predicted molar refractivity (Wildman–Crippen MR) is 142 cm³/mol. The number of carbonyl (C=O) groups is 3. The van der Waals surface area contributed by atoms with Gasteiger partial charge < -0.3 is 14.6 Å². The molecular weight excluding hydrogens is 521 g/mol. The third kappa shape index (κ3) is 5.32. The molecule has 0 unspecified atom stereocenters. The van der Waals surface area contributed by atoms with Gasteiger partial charge in [0.2, 0.25) is 5.91 Å². The van der Waals surface area contributed by atoms with Gasteiger partial charge >= 0.3 is 0 Å². The number of aromatic nitrogens is 1. The molecule has 0 spiro atoms. The number of ether oxygens (including phenoxy) is 1. The van der Waals surface area contributed by atoms with E-state index >= 15 is 0 Å². The molecule has 3 amide bonds. The SMILES string of the molecule is O=C(Cn1cc(/C=C2\SC(=O)N(Cc3ccc(Cl)c(Cl)c3)C2=O)c2ccccc21)NC[C@H]1CCCO1. The lowest BCUT2D eigenvalue weighted by Gasteiger charge is -2.12. The zero-order chi connectivity index (χ0) is 25.2. The van der Waals surface area contributed by atoms with E-state index in [-0.39, 0.29) is 36.2 Å². The van der Waals surface area contributed by atoms with Gasteiger partial charge in [-0.05, 0) is 54.4 Å². The third-order valence-corrected chi connectivity index (χ3v) is 7.82. The molecule has 7 nitrogen and oxygen atoms in total. The molecule has 0 radical (unpaired) electrons. The second-order valence-electron chi connectivity index (χ2n) is 8.68. The number of hydrogen-bond donors (Lipinski definition) is 1. The van der Waals surface area contributed by atoms with Crippen LogP contribution in [0.4, 0.5) is 4.79 Å². The molecule has 10 heteroatoms. The summed E-state index contributed by atoms with van der Waals surface area (Å²) in [6, 6.07) is 12.7. The smallest absolute Gasteiger partial charge is 0.293 e. The Labute approximate surface area is 222 Å². The number of thioether (sulfide) groups is 1. The van der Waals surface area contributed by atoms with Gasteiger partial charge in [-0.2, -0.15) is 0 Å². The fraction of sp³-hybridized carbons (Fsp3) is 0.269. The van der Waals surface area contributed by atoms with Crippen molar-refractivity contribution in [3.8, 4) is 0 Å². The quantitative estimate of drug-likeness (QED) is 0.399. The standard InChI is InChI=1S/C26H23Cl2N3O4S/c27-20-8-7-16(10-21(20)28)13-31-25(33)23(36-26(31)34)11-17-14-30(22-6-2-1-5-19(17)22)15-24(32)29-12-18-4-3-9-35-18/h1-2,5-8,10-11,14,18H,3-4,9,12-13,15H2,(H,29,32)/b23-11-/t18-/m1/s1. The van der Waals surface area contributed by atoms with E-state index in [1.54, 1.807) is 24.3 Å². The van der Waals surface area contributed by atoms with Gasteiger partial charge in [0.1, 0.15) is 6.54 Å². The summed E-state index contributed by atoms with van der Waals surface area (Å²) >= 11 is 12.9. The zero-order valence-electron chi connectivity index (χ0n) is 19.2. The van der Waals surface area contributed by atoms with Gasteiger partial charge in [0, 0.05) is 35.8 Å². The number of carbonyl (C=O) groups excluding carboxylic acids is 3. The maximum absolute atomic E-state index is 13.1. The van der Waals surface area contributed by atoms with Crippen molar-refractivity contribution >= 4 is 69.0 Å². The monoisotopic (exact) mass is 543 g/mol. The van der Waals surface area contributed by atoms with Crippen molar-refractivity contribution < 1.29 is 19.1 Å². The van der Waals surface area contributed by atoms with Crippen molar-refractivity contribution in [1.29, 1.82) is 0 Å². The lowest BCUT2D eigenvalue weighted by molar-refractivity contribution is -0.123. The summed E-state index contributed by atoms with van der Waals surface area (Å²) in [5, 5.41) is 4.25. The molecule has 36 heavy (non-hydrogen) atoms. The highest BCUT2D eigenvalue weighted by molar-refractivity contribution is 8.18. The van der Waals surface area contributed by atoms with E-state index in [4.69, 9.17) is 27.9 Å². The Balaban J connectivity index is 1.34. The molecular formula is C26H23Cl2N3O4S. The molecule has 3 aromatic rings. The van der Waals surface area contributed by atoms with Crippen LogP contribution in [-0.2, 0) is 27.4 Å². The van der Waals surface area contributed by atoms with Gasteiger partial charge in [-0.25, -0.2) is 0 Å². The van der Waals surface area contributed by atoms with Crippen molar-refractivity contribution in [1.82, 2.24) is 14.8 Å². The van der Waals surface area contributed by atoms with E-state index in [2.05, 4.69) is 5.32 Å². The Kier molecular flexibility index (Phi) is 7.39. The van der Waals surface area contributed by atoms with Crippen LogP contribution in [-0.4, -0.2) is 45.8 Å². The first-order valence-corrected chi connectivity index (χ1v) is 13.1. The minimum Gasteiger partial charge on any atom is -0.376 e. The summed E-state index contributed by atoms with van der Waals surface area (Å²) in [5.41, 5.74) is 2.34. The molecule has 3 heterocycles. The van der Waals surface area contributed by atoms with Crippen LogP contribution in [0.3, 0.4) is 0 Å². The Morgan fingerprint density at radius 2 is 2.00 bits per heavy atom. The third-order valence-electron chi connectivity index (χ3n) is 6.17. The molecule has 0 saturated carbocycles. The van der Waals surface area contributed by atoms with E-state index in [9.17, 15) is 14.4 Å². The summed E-state index contributed by atoms with van der Waals surface area (Å²) in [5.74, 6) is -0.484. The zero-order valence-corrected chi connectivity index (χ0v) is 21.5. The molecule has 186 valence electrons. The van der Waals surface area contributed by atoms with Gasteiger partial charge in [0.15, 0.2) is 0 Å². The first kappa shape index (κ1) is 24.9. The van der Waals surface area contributed by atoms with Crippen LogP contribution >= 0.6 is 35.0 Å². The minimum atomic E-state index is -0.373. The molecule has 1 N–H and O–H groups in total. The second kappa shape index (κ2) is 10.7. The molecule has 1 atom stereocenters. The lowest BCUT2D eigenvalue weighted by atomic mass is 10.1. The number of nitrogens with one attached hydrogen (secondary N) is 1. The maximum Gasteiger partial charge on any atom is 0.293 e. The summed E-state index contributed by atoms with van der Waals surface area (Å²) in [6.45, 7) is 1.48. The number of para-hydroxylation sites is 1. The van der Waals surface area contributed by atoms with Crippen LogP contribution in [0.1, 0.15) is 24.0 Å². The number of fused-ring (bicyclic) bond motifs is 1. The normalized spacial score (nSPS) is 19.1. The van der Waals surface area contributed by atoms with E-state index in [0.717, 1.165) is 47.7 Å². The number of halogens is 2. The van der Waals surface area contributed by atoms with Crippen LogP contribution in [0.2, 0.25) is 10.0 Å². The van der Waals surface area contributed by atoms with Crippen LogP contribution in [0, 0.1) is 0 Å². The number of imide groups is 1. The molecule has 5 rings (SSSR count). The van der Waals surface area contributed by atoms with E-state index in [1.807, 2.05) is 35.0 Å². The fourth-order valence-electron chi connectivity index (χ4n) is 4.36. The molecule has 1 aromatic heterocycles. The first-order chi connectivity index (χ1) is 17.4. The van der Waals surface area contributed by atoms with E-state index in [0.29, 0.717) is 27.1 Å². The van der Waals surface area contributed by atoms with Crippen molar-refractivity contribution in [2.24, 2.45) is 0 Å². The number of hydrogen-bond acceptors (Lipinski definition) is 5. The van der Waals surface area contributed by atoms with Gasteiger partial charge in [0.05, 0.1) is 27.6 Å². The summed E-state index contributed by atoms with van der Waals surface area (Å²) < 4.78 is 7.42. The lowest BCUT2D eigenvalue weighted by Crippen LogP contribution is -2.34. The Hall–Kier alpha value is -2.78. The van der Waals surface area contributed by atoms with Crippen LogP contribution in [0.25, 0.3) is 17.0 Å². The highest BCUT2D eigenvalue weighted by atomic mass is 35.5. The van der Waals surface area contributed by atoms with Crippen molar-refractivity contribution in [3.63, 3.8) is 0 Å². The second-order valence-corrected chi connectivity index (χ2v) is 10.5. The summed E-state index contributed by atoms with van der Waals surface area (Å²) in [6.07, 6.45) is 5.60. The van der Waals surface area contributed by atoms with Crippen LogP contribution < -0.4 is 5.32 Å². The van der Waals surface area contributed by atoms with E-state index < -0.39 is 0 Å². The molecule has 2 aliphatic rings. The first-order valence-electron chi connectivity index (χ1n) is 11.5. The average Bonchev–Trinajstić information content (AvgIpc) is 3.57. The number of amides is 3. The average molecular weight is 544 g/mol. The Morgan fingerprint density at radius 3 is 2.78 bits per heavy atom. The molecule has 2 saturated heterocycles. The number of nitrogens with zero attached hydrogens (tertiary/aromatic N) is 2. The maximum atomic E-state index is 13.1. The molecule has 2 fully saturated rings. The Morgan fingerprint density at radius 1 is 1.17 bits per heavy atom. The number of benzene rings is 2. The van der Waals surface area contributed by atoms with Gasteiger partial charge in [-0.15, -0.1) is 0 Å². The molecule has 0 bridgehead atoms. The molecule has 2 aromatic carbocycles. The highest BCUT2D eigenvalue weighted by Crippen LogP contribution is 2.35. The fourth-order valence-corrected chi connectivity index (χ4v) is 5.51. The molecule has 0 aliphatic carbocycles. The number of rotatable bonds is 7. The summed E-state index contributed by atoms with van der Waals surface area (Å²) in [7, 11) is 0. The predicted octanol–water partition coefficient (Wildman–Crippen LogP) is 5.48. The summed E-state index contributed by atoms with van der Waals surface area (Å²) in [4.78, 5) is 39.8. The van der Waals surface area contributed by atoms with Crippen molar-refractivity contribution in [2.75, 3.05) is 13.2 Å². The Bertz CT molecular complexity index is 1380. The van der Waals surface area contributed by atoms with Gasteiger partial charge in [-0.3, -0.25) is 19.3 Å².